The number of carbonyl (C=O) groups is 1. The van der Waals surface area contributed by atoms with Crippen LogP contribution in [-0.4, -0.2) is 18.4 Å². The SMILES string of the molecule is CN1c2ccccc2C2(CCCCCC2)[C@@]12C=C(c1ccccc1)C=C(c1ccccc1)[C@H]2C(=O)c1ccccc1. The van der Waals surface area contributed by atoms with Gasteiger partial charge in [-0.05, 0) is 58.9 Å². The predicted octanol–water partition coefficient (Wildman–Crippen LogP) is 9.15. The van der Waals surface area contributed by atoms with Gasteiger partial charge in [-0.2, -0.15) is 0 Å². The van der Waals surface area contributed by atoms with Gasteiger partial charge in [-0.15, -0.1) is 0 Å². The van der Waals surface area contributed by atoms with Gasteiger partial charge in [0.2, 0.25) is 0 Å². The summed E-state index contributed by atoms with van der Waals surface area (Å²) in [6.07, 6.45) is 11.8. The van der Waals surface area contributed by atoms with E-state index in [0.29, 0.717) is 0 Å². The Hall–Kier alpha value is -4.17. The third-order valence-electron chi connectivity index (χ3n) is 10.0. The smallest absolute Gasteiger partial charge is 0.173 e. The normalized spacial score (nSPS) is 23.0. The number of hydrogen-bond donors (Lipinski definition) is 0. The van der Waals surface area contributed by atoms with Gasteiger partial charge < -0.3 is 4.90 Å². The molecule has 0 aromatic heterocycles. The minimum atomic E-state index is -0.556. The van der Waals surface area contributed by atoms with E-state index in [2.05, 4.69) is 109 Å². The summed E-state index contributed by atoms with van der Waals surface area (Å²) in [6, 6.07) is 40.3. The van der Waals surface area contributed by atoms with Crippen LogP contribution in [0.4, 0.5) is 5.69 Å². The number of benzene rings is 4. The van der Waals surface area contributed by atoms with E-state index in [1.165, 1.54) is 48.1 Å². The molecule has 204 valence electrons. The van der Waals surface area contributed by atoms with Crippen molar-refractivity contribution in [2.45, 2.75) is 49.5 Å². The van der Waals surface area contributed by atoms with Crippen LogP contribution in [0.1, 0.15) is 65.6 Å². The van der Waals surface area contributed by atoms with Crippen LogP contribution >= 0.6 is 0 Å². The first-order chi connectivity index (χ1) is 20.2. The molecule has 1 fully saturated rings. The summed E-state index contributed by atoms with van der Waals surface area (Å²) >= 11 is 0. The molecule has 1 heterocycles. The van der Waals surface area contributed by atoms with Gasteiger partial charge in [0.25, 0.3) is 0 Å². The lowest BCUT2D eigenvalue weighted by molar-refractivity contribution is 0.0861. The number of carbonyl (C=O) groups excluding carboxylic acids is 1. The van der Waals surface area contributed by atoms with Crippen LogP contribution in [0, 0.1) is 5.92 Å². The first-order valence-electron chi connectivity index (χ1n) is 15.1. The first-order valence-corrected chi connectivity index (χ1v) is 15.1. The van der Waals surface area contributed by atoms with Crippen molar-refractivity contribution >= 4 is 22.6 Å². The Labute approximate surface area is 244 Å². The summed E-state index contributed by atoms with van der Waals surface area (Å²) in [7, 11) is 2.25. The molecule has 1 aliphatic heterocycles. The van der Waals surface area contributed by atoms with E-state index in [4.69, 9.17) is 0 Å². The largest absolute Gasteiger partial charge is 0.363 e. The number of likely N-dealkylation sites (N-methyl/N-ethyl adjacent to an activating group) is 1. The maximum absolute atomic E-state index is 15.1. The van der Waals surface area contributed by atoms with Crippen molar-refractivity contribution in [1.29, 1.82) is 0 Å². The molecule has 2 atom stereocenters. The molecule has 2 heteroatoms. The van der Waals surface area contributed by atoms with Crippen molar-refractivity contribution < 1.29 is 4.79 Å². The van der Waals surface area contributed by atoms with Crippen LogP contribution in [0.5, 0.6) is 0 Å². The van der Waals surface area contributed by atoms with Gasteiger partial charge in [-0.1, -0.05) is 135 Å². The van der Waals surface area contributed by atoms with Crippen molar-refractivity contribution in [2.75, 3.05) is 11.9 Å². The molecule has 0 bridgehead atoms. The van der Waals surface area contributed by atoms with Crippen molar-refractivity contribution in [2.24, 2.45) is 5.92 Å². The number of allylic oxidation sites excluding steroid dienone is 2. The number of Topliss-reactive ketones (excluding diaryl/α,β-unsaturated/α-hetero) is 1. The second-order valence-electron chi connectivity index (χ2n) is 12.0. The number of nitrogens with zero attached hydrogens (tertiary/aromatic N) is 1. The molecule has 0 N–H and O–H groups in total. The van der Waals surface area contributed by atoms with Gasteiger partial charge >= 0.3 is 0 Å². The molecule has 4 aromatic carbocycles. The second kappa shape index (κ2) is 10.3. The molecule has 2 aliphatic carbocycles. The van der Waals surface area contributed by atoms with Gasteiger partial charge in [-0.25, -0.2) is 0 Å². The fourth-order valence-electron chi connectivity index (χ4n) is 8.25. The Kier molecular flexibility index (Phi) is 6.50. The molecule has 2 spiro atoms. The molecule has 0 saturated heterocycles. The lowest BCUT2D eigenvalue weighted by atomic mass is 9.53. The summed E-state index contributed by atoms with van der Waals surface area (Å²) in [5.41, 5.74) is 7.34. The monoisotopic (exact) mass is 535 g/mol. The fourth-order valence-corrected chi connectivity index (χ4v) is 8.25. The molecule has 1 saturated carbocycles. The summed E-state index contributed by atoms with van der Waals surface area (Å²) in [5.74, 6) is -0.164. The zero-order valence-corrected chi connectivity index (χ0v) is 23.8. The van der Waals surface area contributed by atoms with Gasteiger partial charge in [0, 0.05) is 23.7 Å². The summed E-state index contributed by atoms with van der Waals surface area (Å²) in [5, 5.41) is 0. The van der Waals surface area contributed by atoms with Crippen LogP contribution in [0.15, 0.2) is 127 Å². The lowest BCUT2D eigenvalue weighted by Gasteiger charge is -2.54. The number of hydrogen-bond acceptors (Lipinski definition) is 2. The van der Waals surface area contributed by atoms with E-state index in [1.807, 2.05) is 30.3 Å². The average molecular weight is 536 g/mol. The van der Waals surface area contributed by atoms with Crippen LogP contribution in [0.3, 0.4) is 0 Å². The highest BCUT2D eigenvalue weighted by Crippen LogP contribution is 2.64. The molecule has 41 heavy (non-hydrogen) atoms. The maximum atomic E-state index is 15.1. The van der Waals surface area contributed by atoms with E-state index in [-0.39, 0.29) is 17.1 Å². The number of ketones is 1. The van der Waals surface area contributed by atoms with Crippen molar-refractivity contribution in [3.63, 3.8) is 0 Å². The van der Waals surface area contributed by atoms with Crippen LogP contribution in [-0.2, 0) is 5.41 Å². The third-order valence-corrected chi connectivity index (χ3v) is 10.0. The number of anilines is 1. The molecule has 4 aromatic rings. The quantitative estimate of drug-likeness (QED) is 0.243. The maximum Gasteiger partial charge on any atom is 0.173 e. The molecule has 3 aliphatic rings. The highest BCUT2D eigenvalue weighted by atomic mass is 16.1. The van der Waals surface area contributed by atoms with Crippen LogP contribution in [0.25, 0.3) is 11.1 Å². The van der Waals surface area contributed by atoms with E-state index in [9.17, 15) is 0 Å². The van der Waals surface area contributed by atoms with Crippen molar-refractivity contribution in [3.05, 3.63) is 150 Å². The first kappa shape index (κ1) is 25.8. The Balaban J connectivity index is 1.58. The molecule has 0 amide bonds. The van der Waals surface area contributed by atoms with Gasteiger partial charge in [0.15, 0.2) is 5.78 Å². The zero-order chi connectivity index (χ0) is 27.9. The Morgan fingerprint density at radius 3 is 1.90 bits per heavy atom. The highest BCUT2D eigenvalue weighted by molar-refractivity contribution is 6.10. The Morgan fingerprint density at radius 1 is 0.683 bits per heavy atom. The lowest BCUT2D eigenvalue weighted by Crippen LogP contribution is -2.63. The summed E-state index contributed by atoms with van der Waals surface area (Å²) in [4.78, 5) is 17.6. The molecular weight excluding hydrogens is 498 g/mol. The van der Waals surface area contributed by atoms with E-state index < -0.39 is 5.54 Å². The second-order valence-corrected chi connectivity index (χ2v) is 12.0. The summed E-state index contributed by atoms with van der Waals surface area (Å²) in [6.45, 7) is 0. The Bertz CT molecular complexity index is 1610. The average Bonchev–Trinajstić information content (AvgIpc) is 3.21. The number of para-hydroxylation sites is 1. The molecule has 7 rings (SSSR count). The molecule has 0 radical (unpaired) electrons. The number of rotatable bonds is 4. The fraction of sp³-hybridized carbons (Fsp3) is 0.256. The third kappa shape index (κ3) is 3.95. The van der Waals surface area contributed by atoms with E-state index in [0.717, 1.165) is 29.5 Å². The van der Waals surface area contributed by atoms with Gasteiger partial charge in [0.1, 0.15) is 0 Å². The number of fused-ring (bicyclic) bond motifs is 3. The highest BCUT2D eigenvalue weighted by Gasteiger charge is 2.65. The van der Waals surface area contributed by atoms with Crippen molar-refractivity contribution in [1.82, 2.24) is 0 Å². The molecule has 2 nitrogen and oxygen atoms in total. The Morgan fingerprint density at radius 2 is 1.24 bits per heavy atom. The zero-order valence-electron chi connectivity index (χ0n) is 23.8. The van der Waals surface area contributed by atoms with Gasteiger partial charge in [0.05, 0.1) is 11.5 Å². The van der Waals surface area contributed by atoms with E-state index >= 15 is 4.79 Å². The van der Waals surface area contributed by atoms with Gasteiger partial charge in [-0.3, -0.25) is 4.79 Å². The van der Waals surface area contributed by atoms with Crippen LogP contribution in [0.2, 0.25) is 0 Å². The van der Waals surface area contributed by atoms with Crippen molar-refractivity contribution in [3.8, 4) is 0 Å². The minimum Gasteiger partial charge on any atom is -0.363 e. The molecule has 0 unspecified atom stereocenters. The minimum absolute atomic E-state index is 0.182. The standard InChI is InChI=1S/C39H37NO/c1-40-35-24-14-13-23-34(35)38(25-15-2-3-16-26-38)39(40)28-32(29-17-7-4-8-18-29)27-33(30-19-9-5-10-20-30)36(39)37(41)31-21-11-6-12-22-31/h4-14,17-24,27-28,36H,2-3,15-16,25-26H2,1H3/t36-,39-/m0/s1. The predicted molar refractivity (Wildman–Crippen MR) is 170 cm³/mol. The topological polar surface area (TPSA) is 20.3 Å². The van der Waals surface area contributed by atoms with E-state index in [1.54, 1.807) is 0 Å². The van der Waals surface area contributed by atoms with Crippen LogP contribution < -0.4 is 4.90 Å². The summed E-state index contributed by atoms with van der Waals surface area (Å²) < 4.78 is 0. The molecular formula is C39H37NO.